The van der Waals surface area contributed by atoms with Crippen molar-refractivity contribution < 1.29 is 9.18 Å². The van der Waals surface area contributed by atoms with Crippen molar-refractivity contribution in [2.75, 3.05) is 24.5 Å². The lowest BCUT2D eigenvalue weighted by molar-refractivity contribution is 0.0674. The van der Waals surface area contributed by atoms with E-state index in [4.69, 9.17) is 11.6 Å². The van der Waals surface area contributed by atoms with Gasteiger partial charge >= 0.3 is 0 Å². The van der Waals surface area contributed by atoms with Gasteiger partial charge in [0.05, 0.1) is 0 Å². The van der Waals surface area contributed by atoms with E-state index in [0.29, 0.717) is 36.6 Å². The van der Waals surface area contributed by atoms with Crippen molar-refractivity contribution in [2.24, 2.45) is 0 Å². The molecule has 0 spiro atoms. The Morgan fingerprint density at radius 3 is 2.59 bits per heavy atom. The monoisotopic (exact) mass is 430 g/mol. The van der Waals surface area contributed by atoms with E-state index in [2.05, 4.69) is 14.3 Å². The van der Waals surface area contributed by atoms with Crippen molar-refractivity contribution in [3.63, 3.8) is 0 Å². The van der Waals surface area contributed by atoms with E-state index >= 15 is 0 Å². The third kappa shape index (κ3) is 4.57. The van der Waals surface area contributed by atoms with E-state index in [0.717, 1.165) is 16.5 Å². The molecule has 1 saturated heterocycles. The van der Waals surface area contributed by atoms with Gasteiger partial charge in [-0.3, -0.25) is 4.79 Å². The molecule has 0 saturated carbocycles. The zero-order chi connectivity index (χ0) is 20.4. The Balaban J connectivity index is 1.39. The Bertz CT molecular complexity index is 993. The largest absolute Gasteiger partial charge is 0.343 e. The summed E-state index contributed by atoms with van der Waals surface area (Å²) in [5.74, 6) is 0.493. The number of rotatable bonds is 4. The van der Waals surface area contributed by atoms with Crippen molar-refractivity contribution in [3.8, 4) is 0 Å². The minimum absolute atomic E-state index is 0.0167. The van der Waals surface area contributed by atoms with Gasteiger partial charge in [-0.25, -0.2) is 9.37 Å². The van der Waals surface area contributed by atoms with Crippen LogP contribution >= 0.6 is 23.1 Å². The van der Waals surface area contributed by atoms with Gasteiger partial charge in [0.25, 0.3) is 5.91 Å². The van der Waals surface area contributed by atoms with Crippen molar-refractivity contribution in [2.45, 2.75) is 19.4 Å². The number of carbonyl (C=O) groups is 1. The van der Waals surface area contributed by atoms with Crippen molar-refractivity contribution in [1.29, 1.82) is 0 Å². The van der Waals surface area contributed by atoms with Gasteiger partial charge in [0, 0.05) is 54.2 Å². The molecule has 1 aliphatic rings. The summed E-state index contributed by atoms with van der Waals surface area (Å²) in [7, 11) is 0. The maximum Gasteiger partial charge on any atom is 0.254 e. The first-order valence-electron chi connectivity index (χ1n) is 9.38. The molecule has 2 heterocycles. The number of halogens is 2. The summed E-state index contributed by atoms with van der Waals surface area (Å²) in [5, 5.41) is 1.47. The van der Waals surface area contributed by atoms with Crippen LogP contribution in [0, 0.1) is 5.82 Å². The van der Waals surface area contributed by atoms with E-state index in [9.17, 15) is 9.18 Å². The van der Waals surface area contributed by atoms with Crippen LogP contribution < -0.4 is 4.90 Å². The van der Waals surface area contributed by atoms with Gasteiger partial charge in [-0.15, -0.1) is 0 Å². The van der Waals surface area contributed by atoms with Crippen molar-refractivity contribution in [3.05, 3.63) is 76.3 Å². The minimum Gasteiger partial charge on any atom is -0.343 e. The first-order valence-corrected chi connectivity index (χ1v) is 10.5. The minimum atomic E-state index is -0.249. The molecule has 0 N–H and O–H groups in total. The van der Waals surface area contributed by atoms with Gasteiger partial charge in [-0.1, -0.05) is 23.7 Å². The van der Waals surface area contributed by atoms with E-state index in [1.165, 1.54) is 23.7 Å². The number of anilines is 1. The summed E-state index contributed by atoms with van der Waals surface area (Å²) in [6.45, 7) is 4.06. The van der Waals surface area contributed by atoms with E-state index in [1.807, 2.05) is 11.8 Å². The Labute approximate surface area is 177 Å². The number of hydrogen-bond donors (Lipinski definition) is 0. The molecule has 0 radical (unpaired) electrons. The van der Waals surface area contributed by atoms with Crippen LogP contribution in [0.25, 0.3) is 0 Å². The second-order valence-electron chi connectivity index (χ2n) is 7.10. The third-order valence-corrected chi connectivity index (χ3v) is 6.05. The first kappa shape index (κ1) is 19.8. The maximum atomic E-state index is 13.1. The standard InChI is InChI=1S/C21H20ClFN4OS/c1-14-13-26(10-11-27(14)20(28)16-4-6-17(22)7-5-16)21-24-19(25-29-21)12-15-2-8-18(23)9-3-15/h2-9,14H,10-13H2,1H3. The van der Waals surface area contributed by atoms with Gasteiger partial charge in [-0.05, 0) is 48.9 Å². The highest BCUT2D eigenvalue weighted by Gasteiger charge is 2.29. The molecule has 1 aromatic heterocycles. The molecule has 1 aliphatic heterocycles. The number of piperazine rings is 1. The summed E-state index contributed by atoms with van der Waals surface area (Å²) >= 11 is 7.28. The maximum absolute atomic E-state index is 13.1. The third-order valence-electron chi connectivity index (χ3n) is 4.98. The normalized spacial score (nSPS) is 16.9. The lowest BCUT2D eigenvalue weighted by atomic mass is 10.1. The molecule has 1 fully saturated rings. The Hall–Kier alpha value is -2.51. The summed E-state index contributed by atoms with van der Waals surface area (Å²) in [4.78, 5) is 21.5. The number of amides is 1. The molecule has 1 amide bonds. The molecule has 5 nitrogen and oxygen atoms in total. The predicted molar refractivity (Wildman–Crippen MR) is 113 cm³/mol. The molecule has 8 heteroatoms. The van der Waals surface area contributed by atoms with Crippen LogP contribution in [-0.2, 0) is 6.42 Å². The second-order valence-corrected chi connectivity index (χ2v) is 8.26. The number of hydrogen-bond acceptors (Lipinski definition) is 5. The van der Waals surface area contributed by atoms with Crippen LogP contribution in [0.15, 0.2) is 48.5 Å². The lowest BCUT2D eigenvalue weighted by Gasteiger charge is -2.39. The molecule has 2 aromatic carbocycles. The summed E-state index contributed by atoms with van der Waals surface area (Å²) in [6, 6.07) is 13.4. The topological polar surface area (TPSA) is 49.3 Å². The average Bonchev–Trinajstić information content (AvgIpc) is 3.18. The Morgan fingerprint density at radius 2 is 1.90 bits per heavy atom. The van der Waals surface area contributed by atoms with Gasteiger partial charge in [0.2, 0.25) is 5.13 Å². The fourth-order valence-electron chi connectivity index (χ4n) is 3.42. The fourth-order valence-corrected chi connectivity index (χ4v) is 4.27. The van der Waals surface area contributed by atoms with Crippen LogP contribution in [0.2, 0.25) is 5.02 Å². The van der Waals surface area contributed by atoms with Gasteiger partial charge in [-0.2, -0.15) is 4.37 Å². The van der Waals surface area contributed by atoms with Gasteiger partial charge in [0.15, 0.2) is 0 Å². The first-order chi connectivity index (χ1) is 14.0. The zero-order valence-electron chi connectivity index (χ0n) is 15.9. The summed E-state index contributed by atoms with van der Waals surface area (Å²) < 4.78 is 17.5. The predicted octanol–water partition coefficient (Wildman–Crippen LogP) is 4.27. The number of nitrogens with zero attached hydrogens (tertiary/aromatic N) is 4. The van der Waals surface area contributed by atoms with Crippen LogP contribution in [-0.4, -0.2) is 45.8 Å². The van der Waals surface area contributed by atoms with Gasteiger partial charge in [0.1, 0.15) is 11.6 Å². The summed E-state index contributed by atoms with van der Waals surface area (Å²) in [5.41, 5.74) is 1.62. The summed E-state index contributed by atoms with van der Waals surface area (Å²) in [6.07, 6.45) is 0.571. The van der Waals surface area contributed by atoms with Crippen LogP contribution in [0.1, 0.15) is 28.7 Å². The van der Waals surface area contributed by atoms with Crippen LogP contribution in [0.4, 0.5) is 9.52 Å². The second kappa shape index (κ2) is 8.47. The van der Waals surface area contributed by atoms with Crippen molar-refractivity contribution in [1.82, 2.24) is 14.3 Å². The molecule has 4 rings (SSSR count). The molecule has 0 aliphatic carbocycles. The van der Waals surface area contributed by atoms with Crippen LogP contribution in [0.3, 0.4) is 0 Å². The lowest BCUT2D eigenvalue weighted by Crippen LogP contribution is -2.54. The Morgan fingerprint density at radius 1 is 1.17 bits per heavy atom. The number of carbonyl (C=O) groups excluding carboxylic acids is 1. The highest BCUT2D eigenvalue weighted by atomic mass is 35.5. The molecule has 1 atom stereocenters. The highest BCUT2D eigenvalue weighted by molar-refractivity contribution is 7.09. The number of benzene rings is 2. The highest BCUT2D eigenvalue weighted by Crippen LogP contribution is 2.23. The van der Waals surface area contributed by atoms with E-state index in [-0.39, 0.29) is 17.8 Å². The van der Waals surface area contributed by atoms with Gasteiger partial charge < -0.3 is 9.80 Å². The quantitative estimate of drug-likeness (QED) is 0.620. The molecular weight excluding hydrogens is 411 g/mol. The SMILES string of the molecule is CC1CN(c2nc(Cc3ccc(F)cc3)ns2)CCN1C(=O)c1ccc(Cl)cc1. The molecule has 3 aromatic rings. The smallest absolute Gasteiger partial charge is 0.254 e. The zero-order valence-corrected chi connectivity index (χ0v) is 17.5. The Kier molecular flexibility index (Phi) is 5.78. The molecule has 0 bridgehead atoms. The number of aromatic nitrogens is 2. The molecule has 150 valence electrons. The molecular formula is C21H20ClFN4OS. The van der Waals surface area contributed by atoms with Crippen LogP contribution in [0.5, 0.6) is 0 Å². The van der Waals surface area contributed by atoms with E-state index < -0.39 is 0 Å². The van der Waals surface area contributed by atoms with E-state index in [1.54, 1.807) is 36.4 Å². The molecule has 29 heavy (non-hydrogen) atoms. The average molecular weight is 431 g/mol. The molecule has 1 unspecified atom stereocenters. The van der Waals surface area contributed by atoms with Crippen molar-refractivity contribution >= 4 is 34.2 Å². The fraction of sp³-hybridized carbons (Fsp3) is 0.286.